The average molecular weight is 421 g/mol. The van der Waals surface area contributed by atoms with E-state index in [0.29, 0.717) is 6.42 Å². The van der Waals surface area contributed by atoms with Crippen molar-refractivity contribution in [3.8, 4) is 10.6 Å². The van der Waals surface area contributed by atoms with Gasteiger partial charge in [-0.25, -0.2) is 0 Å². The molecule has 0 saturated carbocycles. The highest BCUT2D eigenvalue weighted by Crippen LogP contribution is 2.46. The number of rotatable bonds is 4. The Morgan fingerprint density at radius 1 is 1.13 bits per heavy atom. The van der Waals surface area contributed by atoms with Crippen LogP contribution in [0.25, 0.3) is 10.6 Å². The summed E-state index contributed by atoms with van der Waals surface area (Å²) in [5.74, 6) is 0.225. The zero-order valence-corrected chi connectivity index (χ0v) is 17.6. The second-order valence-corrected chi connectivity index (χ2v) is 9.00. The number of piperidine rings is 1. The van der Waals surface area contributed by atoms with Crippen LogP contribution in [0, 0.1) is 0 Å². The van der Waals surface area contributed by atoms with Crippen molar-refractivity contribution in [1.29, 1.82) is 0 Å². The molecule has 1 fully saturated rings. The van der Waals surface area contributed by atoms with Gasteiger partial charge in [-0.3, -0.25) is 19.7 Å². The summed E-state index contributed by atoms with van der Waals surface area (Å²) in [5, 5.41) is 0. The van der Waals surface area contributed by atoms with Gasteiger partial charge in [-0.1, -0.05) is 0 Å². The predicted octanol–water partition coefficient (Wildman–Crippen LogP) is 3.62. The smallest absolute Gasteiger partial charge is 0.222 e. The Bertz CT molecular complexity index is 1010. The van der Waals surface area contributed by atoms with Gasteiger partial charge in [-0.2, -0.15) is 0 Å². The first kappa shape index (κ1) is 19.3. The lowest BCUT2D eigenvalue weighted by Gasteiger charge is -2.44. The first-order valence-electron chi connectivity index (χ1n) is 10.4. The highest BCUT2D eigenvalue weighted by molar-refractivity contribution is 7.15. The predicted molar refractivity (Wildman–Crippen MR) is 115 cm³/mol. The van der Waals surface area contributed by atoms with Crippen LogP contribution in [0.3, 0.4) is 0 Å². The number of nitrogens with zero attached hydrogens (tertiary/aromatic N) is 4. The van der Waals surface area contributed by atoms with Crippen LogP contribution in [0.2, 0.25) is 0 Å². The van der Waals surface area contributed by atoms with Gasteiger partial charge in [0, 0.05) is 55.6 Å². The van der Waals surface area contributed by atoms with Crippen molar-refractivity contribution in [2.45, 2.75) is 37.7 Å². The quantitative estimate of drug-likeness (QED) is 0.645. The van der Waals surface area contributed by atoms with E-state index in [-0.39, 0.29) is 11.5 Å². The molecule has 1 spiro atoms. The molecule has 1 saturated heterocycles. The Hall–Kier alpha value is -2.64. The zero-order valence-electron chi connectivity index (χ0n) is 16.8. The molecular formula is C23H24N4O2S. The SMILES string of the molecule is O=C(CCc1ccncc1)N1CCC2(CC1)OCCc1sc(-c3cnccn3)cc12. The average Bonchev–Trinajstić information content (AvgIpc) is 3.26. The first-order chi connectivity index (χ1) is 14.7. The van der Waals surface area contributed by atoms with Gasteiger partial charge in [0.1, 0.15) is 0 Å². The third-order valence-electron chi connectivity index (χ3n) is 6.12. The maximum atomic E-state index is 12.7. The van der Waals surface area contributed by atoms with Crippen molar-refractivity contribution in [1.82, 2.24) is 19.9 Å². The normalized spacial score (nSPS) is 17.7. The molecular weight excluding hydrogens is 396 g/mol. The lowest BCUT2D eigenvalue weighted by Crippen LogP contribution is -2.48. The van der Waals surface area contributed by atoms with Gasteiger partial charge in [0.2, 0.25) is 5.91 Å². The van der Waals surface area contributed by atoms with E-state index in [0.717, 1.165) is 61.5 Å². The number of hydrogen-bond donors (Lipinski definition) is 0. The third kappa shape index (κ3) is 3.75. The molecule has 3 aromatic heterocycles. The fourth-order valence-corrected chi connectivity index (χ4v) is 5.65. The van der Waals surface area contributed by atoms with Crippen molar-refractivity contribution >= 4 is 17.2 Å². The fourth-order valence-electron chi connectivity index (χ4n) is 4.46. The molecule has 0 bridgehead atoms. The molecule has 3 aromatic rings. The van der Waals surface area contributed by atoms with Crippen molar-refractivity contribution in [3.63, 3.8) is 0 Å². The Morgan fingerprint density at radius 2 is 1.97 bits per heavy atom. The standard InChI is InChI=1S/C23H24N4O2S/c28-22(2-1-17-3-8-24-9-4-17)27-12-6-23(7-13-27)18-15-21(19-16-25-10-11-26-19)30-20(18)5-14-29-23/h3-4,8-11,15-16H,1-2,5-7,12-14H2. The summed E-state index contributed by atoms with van der Waals surface area (Å²) in [6, 6.07) is 6.19. The zero-order chi connectivity index (χ0) is 20.4. The van der Waals surface area contributed by atoms with E-state index in [2.05, 4.69) is 21.0 Å². The van der Waals surface area contributed by atoms with Gasteiger partial charge in [0.15, 0.2) is 0 Å². The van der Waals surface area contributed by atoms with Gasteiger partial charge < -0.3 is 9.64 Å². The molecule has 154 valence electrons. The Morgan fingerprint density at radius 3 is 2.73 bits per heavy atom. The summed E-state index contributed by atoms with van der Waals surface area (Å²) in [6.45, 7) is 2.22. The van der Waals surface area contributed by atoms with Gasteiger partial charge in [-0.05, 0) is 48.6 Å². The summed E-state index contributed by atoms with van der Waals surface area (Å²) in [6.07, 6.45) is 12.7. The Labute approximate surface area is 180 Å². The summed E-state index contributed by atoms with van der Waals surface area (Å²) in [7, 11) is 0. The van der Waals surface area contributed by atoms with E-state index in [9.17, 15) is 4.79 Å². The van der Waals surface area contributed by atoms with E-state index in [1.165, 1.54) is 10.4 Å². The van der Waals surface area contributed by atoms with Crippen LogP contribution in [-0.2, 0) is 28.0 Å². The van der Waals surface area contributed by atoms with Gasteiger partial charge in [0.05, 0.1) is 29.0 Å². The highest BCUT2D eigenvalue weighted by Gasteiger charge is 2.42. The number of pyridine rings is 1. The molecule has 6 nitrogen and oxygen atoms in total. The molecule has 30 heavy (non-hydrogen) atoms. The minimum absolute atomic E-state index is 0.225. The van der Waals surface area contributed by atoms with Crippen LogP contribution in [0.5, 0.6) is 0 Å². The Balaban J connectivity index is 1.27. The maximum absolute atomic E-state index is 12.7. The molecule has 0 aromatic carbocycles. The van der Waals surface area contributed by atoms with Crippen molar-refractivity contribution in [3.05, 3.63) is 65.2 Å². The topological polar surface area (TPSA) is 68.2 Å². The van der Waals surface area contributed by atoms with Gasteiger partial charge in [0.25, 0.3) is 0 Å². The van der Waals surface area contributed by atoms with Crippen LogP contribution in [0.1, 0.15) is 35.3 Å². The number of likely N-dealkylation sites (tertiary alicyclic amines) is 1. The number of aryl methyl sites for hydroxylation is 1. The second-order valence-electron chi connectivity index (χ2n) is 7.87. The number of thiophene rings is 1. The number of carbonyl (C=O) groups excluding carboxylic acids is 1. The van der Waals surface area contributed by atoms with E-state index >= 15 is 0 Å². The lowest BCUT2D eigenvalue weighted by molar-refractivity contribution is -0.140. The minimum Gasteiger partial charge on any atom is -0.370 e. The molecule has 0 radical (unpaired) electrons. The molecule has 1 amide bonds. The number of carbonyl (C=O) groups is 1. The first-order valence-corrected chi connectivity index (χ1v) is 11.3. The molecule has 0 aliphatic carbocycles. The molecule has 2 aliphatic rings. The van der Waals surface area contributed by atoms with E-state index in [4.69, 9.17) is 4.74 Å². The number of hydrogen-bond acceptors (Lipinski definition) is 6. The number of ether oxygens (including phenoxy) is 1. The largest absolute Gasteiger partial charge is 0.370 e. The molecule has 0 unspecified atom stereocenters. The van der Waals surface area contributed by atoms with E-state index in [1.807, 2.05) is 23.2 Å². The fraction of sp³-hybridized carbons (Fsp3) is 0.391. The lowest BCUT2D eigenvalue weighted by atomic mass is 9.82. The van der Waals surface area contributed by atoms with Gasteiger partial charge in [-0.15, -0.1) is 11.3 Å². The molecule has 5 heterocycles. The number of fused-ring (bicyclic) bond motifs is 2. The van der Waals surface area contributed by atoms with Crippen LogP contribution >= 0.6 is 11.3 Å². The number of amides is 1. The van der Waals surface area contributed by atoms with Gasteiger partial charge >= 0.3 is 0 Å². The highest BCUT2D eigenvalue weighted by atomic mass is 32.1. The van der Waals surface area contributed by atoms with E-state index in [1.54, 1.807) is 36.1 Å². The maximum Gasteiger partial charge on any atom is 0.222 e. The Kier molecular flexibility index (Phi) is 5.31. The van der Waals surface area contributed by atoms with E-state index < -0.39 is 0 Å². The third-order valence-corrected chi connectivity index (χ3v) is 7.34. The summed E-state index contributed by atoms with van der Waals surface area (Å²) in [5.41, 5.74) is 3.09. The molecule has 0 N–H and O–H groups in total. The van der Waals surface area contributed by atoms with Crippen molar-refractivity contribution < 1.29 is 9.53 Å². The number of aromatic nitrogens is 3. The molecule has 7 heteroatoms. The van der Waals surface area contributed by atoms with Crippen LogP contribution < -0.4 is 0 Å². The second kappa shape index (κ2) is 8.24. The molecule has 5 rings (SSSR count). The van der Waals surface area contributed by atoms with Crippen molar-refractivity contribution in [2.24, 2.45) is 0 Å². The summed E-state index contributed by atoms with van der Waals surface area (Å²) >= 11 is 1.80. The monoisotopic (exact) mass is 420 g/mol. The van der Waals surface area contributed by atoms with Crippen LogP contribution in [0.15, 0.2) is 49.2 Å². The summed E-state index contributed by atoms with van der Waals surface area (Å²) in [4.78, 5) is 30.0. The minimum atomic E-state index is -0.271. The van der Waals surface area contributed by atoms with Crippen LogP contribution in [0.4, 0.5) is 0 Å². The summed E-state index contributed by atoms with van der Waals surface area (Å²) < 4.78 is 6.37. The van der Waals surface area contributed by atoms with Crippen LogP contribution in [-0.4, -0.2) is 45.5 Å². The van der Waals surface area contributed by atoms with Crippen molar-refractivity contribution in [2.75, 3.05) is 19.7 Å². The molecule has 0 atom stereocenters. The molecule has 2 aliphatic heterocycles.